The normalized spacial score (nSPS) is 10.5. The summed E-state index contributed by atoms with van der Waals surface area (Å²) in [6.07, 6.45) is 7.14. The molecule has 0 saturated carbocycles. The molecule has 0 radical (unpaired) electrons. The average molecular weight is 301 g/mol. The molecule has 1 aromatic heterocycles. The van der Waals surface area contributed by atoms with Gasteiger partial charge in [-0.15, -0.1) is 0 Å². The van der Waals surface area contributed by atoms with E-state index < -0.39 is 0 Å². The van der Waals surface area contributed by atoms with Gasteiger partial charge in [0.2, 0.25) is 5.91 Å². The van der Waals surface area contributed by atoms with Gasteiger partial charge in [0.25, 0.3) is 0 Å². The second-order valence-electron chi connectivity index (χ2n) is 5.28. The Bertz CT molecular complexity index is 590. The van der Waals surface area contributed by atoms with Crippen molar-refractivity contribution >= 4 is 11.6 Å². The van der Waals surface area contributed by atoms with Crippen LogP contribution in [0.15, 0.2) is 36.7 Å². The van der Waals surface area contributed by atoms with Crippen molar-refractivity contribution in [3.05, 3.63) is 42.5 Å². The van der Waals surface area contributed by atoms with Crippen molar-refractivity contribution < 1.29 is 9.53 Å². The summed E-state index contributed by atoms with van der Waals surface area (Å²) in [4.78, 5) is 15.1. The van der Waals surface area contributed by atoms with E-state index in [4.69, 9.17) is 4.74 Å². The predicted molar refractivity (Wildman–Crippen MR) is 87.1 cm³/mol. The number of amides is 1. The average Bonchev–Trinajstić information content (AvgIpc) is 2.89. The van der Waals surface area contributed by atoms with E-state index in [9.17, 15) is 4.79 Å². The number of nitrogens with zero attached hydrogens (tertiary/aromatic N) is 2. The SMILES string of the molecule is CC(=O)Nc1ccc(OCCCCCn2ccnc2C)cc1. The molecule has 0 unspecified atom stereocenters. The van der Waals surface area contributed by atoms with Crippen molar-refractivity contribution in [2.45, 2.75) is 39.7 Å². The second-order valence-corrected chi connectivity index (χ2v) is 5.28. The molecule has 0 bridgehead atoms. The van der Waals surface area contributed by atoms with Gasteiger partial charge in [-0.3, -0.25) is 4.79 Å². The van der Waals surface area contributed by atoms with Crippen LogP contribution in [0.5, 0.6) is 5.75 Å². The molecule has 0 aliphatic heterocycles. The number of ether oxygens (including phenoxy) is 1. The highest BCUT2D eigenvalue weighted by molar-refractivity contribution is 5.88. The highest BCUT2D eigenvalue weighted by atomic mass is 16.5. The van der Waals surface area contributed by atoms with Crippen LogP contribution >= 0.6 is 0 Å². The van der Waals surface area contributed by atoms with E-state index in [1.54, 1.807) is 0 Å². The largest absolute Gasteiger partial charge is 0.494 e. The van der Waals surface area contributed by atoms with Crippen LogP contribution < -0.4 is 10.1 Å². The summed E-state index contributed by atoms with van der Waals surface area (Å²) in [7, 11) is 0. The van der Waals surface area contributed by atoms with Crippen LogP contribution in [0, 0.1) is 6.92 Å². The lowest BCUT2D eigenvalue weighted by atomic mass is 10.2. The van der Waals surface area contributed by atoms with E-state index in [2.05, 4.69) is 14.9 Å². The standard InChI is InChI=1S/C17H23N3O2/c1-14-18-10-12-20(14)11-4-3-5-13-22-17-8-6-16(7-9-17)19-15(2)21/h6-10,12H,3-5,11,13H2,1-2H3,(H,19,21). The van der Waals surface area contributed by atoms with Crippen LogP contribution in [0.3, 0.4) is 0 Å². The minimum absolute atomic E-state index is 0.0678. The number of unbranched alkanes of at least 4 members (excludes halogenated alkanes) is 2. The molecule has 0 fully saturated rings. The first-order valence-corrected chi connectivity index (χ1v) is 7.63. The number of carbonyl (C=O) groups excluding carboxylic acids is 1. The number of carbonyl (C=O) groups is 1. The molecule has 1 amide bonds. The first-order chi connectivity index (χ1) is 10.6. The molecule has 5 heteroatoms. The lowest BCUT2D eigenvalue weighted by Crippen LogP contribution is -2.05. The molecule has 0 aliphatic rings. The molecule has 118 valence electrons. The zero-order valence-electron chi connectivity index (χ0n) is 13.2. The summed E-state index contributed by atoms with van der Waals surface area (Å²) in [6, 6.07) is 7.44. The Hall–Kier alpha value is -2.30. The molecule has 1 aromatic carbocycles. The first kappa shape index (κ1) is 16.1. The van der Waals surface area contributed by atoms with Crippen LogP contribution in [0.1, 0.15) is 32.0 Å². The Morgan fingerprint density at radius 3 is 2.64 bits per heavy atom. The Morgan fingerprint density at radius 1 is 1.23 bits per heavy atom. The third-order valence-electron chi connectivity index (χ3n) is 3.41. The van der Waals surface area contributed by atoms with E-state index in [0.29, 0.717) is 6.61 Å². The lowest BCUT2D eigenvalue weighted by Gasteiger charge is -2.08. The zero-order valence-corrected chi connectivity index (χ0v) is 13.2. The Morgan fingerprint density at radius 2 is 2.00 bits per heavy atom. The van der Waals surface area contributed by atoms with Gasteiger partial charge in [-0.2, -0.15) is 0 Å². The van der Waals surface area contributed by atoms with Crippen LogP contribution in [0.4, 0.5) is 5.69 Å². The van der Waals surface area contributed by atoms with Gasteiger partial charge >= 0.3 is 0 Å². The number of nitrogens with one attached hydrogen (secondary N) is 1. The Kier molecular flexibility index (Phi) is 6.01. The highest BCUT2D eigenvalue weighted by Gasteiger charge is 1.99. The number of benzene rings is 1. The van der Waals surface area contributed by atoms with Crippen molar-refractivity contribution in [2.75, 3.05) is 11.9 Å². The summed E-state index contributed by atoms with van der Waals surface area (Å²) in [5.41, 5.74) is 0.788. The van der Waals surface area contributed by atoms with E-state index in [0.717, 1.165) is 43.1 Å². The van der Waals surface area contributed by atoms with Gasteiger partial charge in [0.05, 0.1) is 6.61 Å². The number of imidazole rings is 1. The zero-order chi connectivity index (χ0) is 15.8. The number of hydrogen-bond acceptors (Lipinski definition) is 3. The number of hydrogen-bond donors (Lipinski definition) is 1. The highest BCUT2D eigenvalue weighted by Crippen LogP contribution is 2.16. The molecule has 0 spiro atoms. The van der Waals surface area contributed by atoms with Crippen LogP contribution in [-0.4, -0.2) is 22.1 Å². The molecule has 2 rings (SSSR count). The van der Waals surface area contributed by atoms with E-state index in [-0.39, 0.29) is 5.91 Å². The van der Waals surface area contributed by atoms with Crippen LogP contribution in [0.25, 0.3) is 0 Å². The topological polar surface area (TPSA) is 56.1 Å². The number of aryl methyl sites for hydroxylation is 2. The van der Waals surface area contributed by atoms with Crippen molar-refractivity contribution in [3.63, 3.8) is 0 Å². The fraction of sp³-hybridized carbons (Fsp3) is 0.412. The first-order valence-electron chi connectivity index (χ1n) is 7.63. The Balaban J connectivity index is 1.60. The van der Waals surface area contributed by atoms with Crippen molar-refractivity contribution in [2.24, 2.45) is 0 Å². The molecule has 0 saturated heterocycles. The van der Waals surface area contributed by atoms with Crippen LogP contribution in [-0.2, 0) is 11.3 Å². The summed E-state index contributed by atoms with van der Waals surface area (Å²) in [6.45, 7) is 5.24. The minimum Gasteiger partial charge on any atom is -0.494 e. The maximum atomic E-state index is 10.9. The van der Waals surface area contributed by atoms with Gasteiger partial charge in [0.15, 0.2) is 0 Å². The third-order valence-corrected chi connectivity index (χ3v) is 3.41. The molecular weight excluding hydrogens is 278 g/mol. The minimum atomic E-state index is -0.0678. The van der Waals surface area contributed by atoms with Gasteiger partial charge in [-0.05, 0) is 50.5 Å². The predicted octanol–water partition coefficient (Wildman–Crippen LogP) is 3.40. The fourth-order valence-electron chi connectivity index (χ4n) is 2.23. The third kappa shape index (κ3) is 5.24. The van der Waals surface area contributed by atoms with Gasteiger partial charge in [-0.25, -0.2) is 4.98 Å². The van der Waals surface area contributed by atoms with E-state index in [1.807, 2.05) is 43.6 Å². The summed E-state index contributed by atoms with van der Waals surface area (Å²) >= 11 is 0. The number of rotatable bonds is 8. The fourth-order valence-corrected chi connectivity index (χ4v) is 2.23. The monoisotopic (exact) mass is 301 g/mol. The van der Waals surface area contributed by atoms with Crippen molar-refractivity contribution in [1.29, 1.82) is 0 Å². The maximum absolute atomic E-state index is 10.9. The summed E-state index contributed by atoms with van der Waals surface area (Å²) in [5.74, 6) is 1.83. The molecule has 1 heterocycles. The molecule has 2 aromatic rings. The molecular formula is C17H23N3O2. The summed E-state index contributed by atoms with van der Waals surface area (Å²) in [5, 5.41) is 2.73. The number of aromatic nitrogens is 2. The van der Waals surface area contributed by atoms with E-state index in [1.165, 1.54) is 6.92 Å². The molecule has 5 nitrogen and oxygen atoms in total. The smallest absolute Gasteiger partial charge is 0.221 e. The summed E-state index contributed by atoms with van der Waals surface area (Å²) < 4.78 is 7.86. The van der Waals surface area contributed by atoms with Gasteiger partial charge in [0.1, 0.15) is 11.6 Å². The second kappa shape index (κ2) is 8.22. The quantitative estimate of drug-likeness (QED) is 0.760. The molecule has 1 N–H and O–H groups in total. The maximum Gasteiger partial charge on any atom is 0.221 e. The van der Waals surface area contributed by atoms with Crippen LogP contribution in [0.2, 0.25) is 0 Å². The van der Waals surface area contributed by atoms with Gasteiger partial charge < -0.3 is 14.6 Å². The molecule has 0 atom stereocenters. The van der Waals surface area contributed by atoms with Gasteiger partial charge in [0, 0.05) is 31.5 Å². The lowest BCUT2D eigenvalue weighted by molar-refractivity contribution is -0.114. The molecule has 0 aliphatic carbocycles. The van der Waals surface area contributed by atoms with E-state index >= 15 is 0 Å². The van der Waals surface area contributed by atoms with Crippen molar-refractivity contribution in [1.82, 2.24) is 9.55 Å². The Labute approximate surface area is 131 Å². The molecule has 22 heavy (non-hydrogen) atoms. The number of anilines is 1. The van der Waals surface area contributed by atoms with Gasteiger partial charge in [-0.1, -0.05) is 0 Å². The van der Waals surface area contributed by atoms with Crippen molar-refractivity contribution in [3.8, 4) is 5.75 Å².